The maximum absolute atomic E-state index is 3.35. The van der Waals surface area contributed by atoms with Gasteiger partial charge in [-0.2, -0.15) is 0 Å². The van der Waals surface area contributed by atoms with Crippen LogP contribution in [0.5, 0.6) is 0 Å². The Bertz CT molecular complexity index is 162. The molecular formula is C7H10BrNS. The van der Waals surface area contributed by atoms with E-state index in [-0.39, 0.29) is 0 Å². The van der Waals surface area contributed by atoms with Crippen molar-refractivity contribution in [1.82, 2.24) is 5.32 Å². The molecule has 0 aliphatic rings. The van der Waals surface area contributed by atoms with Crippen molar-refractivity contribution >= 4 is 27.3 Å². The summed E-state index contributed by atoms with van der Waals surface area (Å²) in [4.78, 5) is 1.40. The number of nitrogens with one attached hydrogen (secondary N) is 1. The molecule has 56 valence electrons. The van der Waals surface area contributed by atoms with Gasteiger partial charge in [-0.15, -0.1) is 11.3 Å². The van der Waals surface area contributed by atoms with E-state index in [0.29, 0.717) is 0 Å². The maximum Gasteiger partial charge on any atom is 0.0300 e. The maximum atomic E-state index is 3.35. The summed E-state index contributed by atoms with van der Waals surface area (Å²) in [7, 11) is 0. The Labute approximate surface area is 73.6 Å². The van der Waals surface area contributed by atoms with E-state index in [0.717, 1.165) is 18.4 Å². The number of halogens is 1. The molecule has 0 aliphatic heterocycles. The lowest BCUT2D eigenvalue weighted by Crippen LogP contribution is -2.14. The fourth-order valence-electron chi connectivity index (χ4n) is 0.692. The third kappa shape index (κ3) is 2.82. The van der Waals surface area contributed by atoms with Gasteiger partial charge in [0, 0.05) is 23.3 Å². The summed E-state index contributed by atoms with van der Waals surface area (Å²) in [6.07, 6.45) is 0. The van der Waals surface area contributed by atoms with Crippen LogP contribution in [0.1, 0.15) is 4.88 Å². The quantitative estimate of drug-likeness (QED) is 0.606. The smallest absolute Gasteiger partial charge is 0.0300 e. The summed E-state index contributed by atoms with van der Waals surface area (Å²) < 4.78 is 0. The Kier molecular flexibility index (Phi) is 4.02. The van der Waals surface area contributed by atoms with Crippen LogP contribution in [0.3, 0.4) is 0 Å². The van der Waals surface area contributed by atoms with Crippen LogP contribution in [0.15, 0.2) is 17.5 Å². The molecule has 1 N–H and O–H groups in total. The van der Waals surface area contributed by atoms with Gasteiger partial charge in [-0.25, -0.2) is 0 Å². The molecule has 1 heterocycles. The van der Waals surface area contributed by atoms with Crippen molar-refractivity contribution in [2.24, 2.45) is 0 Å². The molecule has 0 aliphatic carbocycles. The predicted octanol–water partition coefficient (Wildman–Crippen LogP) is 2.23. The number of rotatable bonds is 4. The summed E-state index contributed by atoms with van der Waals surface area (Å²) in [6.45, 7) is 2.04. The molecule has 3 heteroatoms. The van der Waals surface area contributed by atoms with Crippen LogP contribution < -0.4 is 5.32 Å². The second-order valence-corrected chi connectivity index (χ2v) is 3.77. The zero-order valence-electron chi connectivity index (χ0n) is 5.64. The van der Waals surface area contributed by atoms with Gasteiger partial charge < -0.3 is 5.32 Å². The molecule has 0 unspecified atom stereocenters. The van der Waals surface area contributed by atoms with E-state index in [9.17, 15) is 0 Å². The first-order valence-electron chi connectivity index (χ1n) is 3.22. The number of hydrogen-bond donors (Lipinski definition) is 1. The molecule has 0 atom stereocenters. The third-order valence-electron chi connectivity index (χ3n) is 1.15. The van der Waals surface area contributed by atoms with Crippen LogP contribution >= 0.6 is 27.3 Å². The normalized spacial score (nSPS) is 10.1. The van der Waals surface area contributed by atoms with Crippen molar-refractivity contribution in [2.75, 3.05) is 11.9 Å². The summed E-state index contributed by atoms with van der Waals surface area (Å²) in [5.41, 5.74) is 0. The zero-order chi connectivity index (χ0) is 7.23. The lowest BCUT2D eigenvalue weighted by molar-refractivity contribution is 0.743. The van der Waals surface area contributed by atoms with Crippen molar-refractivity contribution in [3.8, 4) is 0 Å². The fraction of sp³-hybridized carbons (Fsp3) is 0.429. The summed E-state index contributed by atoms with van der Waals surface area (Å²) >= 11 is 5.15. The largest absolute Gasteiger partial charge is 0.311 e. The Morgan fingerprint density at radius 3 is 3.10 bits per heavy atom. The Morgan fingerprint density at radius 1 is 1.60 bits per heavy atom. The average Bonchev–Trinajstić information content (AvgIpc) is 2.41. The summed E-state index contributed by atoms with van der Waals surface area (Å²) in [6, 6.07) is 4.22. The molecular weight excluding hydrogens is 210 g/mol. The van der Waals surface area contributed by atoms with Crippen LogP contribution in [0.4, 0.5) is 0 Å². The molecule has 1 aromatic rings. The molecule has 10 heavy (non-hydrogen) atoms. The summed E-state index contributed by atoms with van der Waals surface area (Å²) in [5.74, 6) is 0. The van der Waals surface area contributed by atoms with Crippen molar-refractivity contribution < 1.29 is 0 Å². The zero-order valence-corrected chi connectivity index (χ0v) is 8.04. The van der Waals surface area contributed by atoms with Crippen molar-refractivity contribution in [3.05, 3.63) is 22.4 Å². The Morgan fingerprint density at radius 2 is 2.50 bits per heavy atom. The molecule has 0 saturated carbocycles. The molecule has 1 rings (SSSR count). The lowest BCUT2D eigenvalue weighted by Gasteiger charge is -1.97. The third-order valence-corrected chi connectivity index (χ3v) is 2.42. The second-order valence-electron chi connectivity index (χ2n) is 1.95. The SMILES string of the molecule is BrCCNCc1cccs1. The minimum atomic E-state index is 1.00. The Balaban J connectivity index is 2.15. The molecule has 0 fully saturated rings. The molecule has 1 nitrogen and oxygen atoms in total. The fourth-order valence-corrected chi connectivity index (χ4v) is 1.65. The van der Waals surface area contributed by atoms with E-state index in [4.69, 9.17) is 0 Å². The van der Waals surface area contributed by atoms with Crippen LogP contribution in [-0.4, -0.2) is 11.9 Å². The van der Waals surface area contributed by atoms with Crippen molar-refractivity contribution in [2.45, 2.75) is 6.54 Å². The molecule has 0 bridgehead atoms. The highest BCUT2D eigenvalue weighted by molar-refractivity contribution is 9.09. The standard InChI is InChI=1S/C7H10BrNS/c8-3-4-9-6-7-2-1-5-10-7/h1-2,5,9H,3-4,6H2. The molecule has 1 aromatic heterocycles. The topological polar surface area (TPSA) is 12.0 Å². The highest BCUT2D eigenvalue weighted by atomic mass is 79.9. The van der Waals surface area contributed by atoms with Crippen LogP contribution in [-0.2, 0) is 6.54 Å². The first kappa shape index (κ1) is 8.24. The first-order valence-corrected chi connectivity index (χ1v) is 5.22. The number of hydrogen-bond acceptors (Lipinski definition) is 2. The minimum absolute atomic E-state index is 1.00. The van der Waals surface area contributed by atoms with Gasteiger partial charge in [-0.3, -0.25) is 0 Å². The van der Waals surface area contributed by atoms with Gasteiger partial charge in [0.15, 0.2) is 0 Å². The Hall–Kier alpha value is 0.140. The second kappa shape index (κ2) is 4.88. The van der Waals surface area contributed by atoms with E-state index in [2.05, 4.69) is 38.8 Å². The van der Waals surface area contributed by atoms with E-state index < -0.39 is 0 Å². The van der Waals surface area contributed by atoms with E-state index >= 15 is 0 Å². The van der Waals surface area contributed by atoms with Gasteiger partial charge >= 0.3 is 0 Å². The predicted molar refractivity (Wildman–Crippen MR) is 49.8 cm³/mol. The van der Waals surface area contributed by atoms with Gasteiger partial charge in [0.25, 0.3) is 0 Å². The van der Waals surface area contributed by atoms with E-state index in [1.807, 2.05) is 0 Å². The number of thiophene rings is 1. The summed E-state index contributed by atoms with van der Waals surface area (Å²) in [5, 5.41) is 6.43. The van der Waals surface area contributed by atoms with E-state index in [1.165, 1.54) is 4.88 Å². The molecule has 0 radical (unpaired) electrons. The monoisotopic (exact) mass is 219 g/mol. The van der Waals surface area contributed by atoms with Crippen LogP contribution in [0.25, 0.3) is 0 Å². The average molecular weight is 220 g/mol. The highest BCUT2D eigenvalue weighted by Crippen LogP contribution is 2.06. The highest BCUT2D eigenvalue weighted by Gasteiger charge is 1.89. The van der Waals surface area contributed by atoms with Crippen LogP contribution in [0.2, 0.25) is 0 Å². The lowest BCUT2D eigenvalue weighted by atomic mass is 10.4. The molecule has 0 saturated heterocycles. The van der Waals surface area contributed by atoms with Gasteiger partial charge in [0.1, 0.15) is 0 Å². The van der Waals surface area contributed by atoms with Gasteiger partial charge in [0.05, 0.1) is 0 Å². The molecule has 0 spiro atoms. The van der Waals surface area contributed by atoms with Crippen molar-refractivity contribution in [3.63, 3.8) is 0 Å². The molecule has 0 amide bonds. The number of alkyl halides is 1. The first-order chi connectivity index (χ1) is 4.93. The van der Waals surface area contributed by atoms with E-state index in [1.54, 1.807) is 11.3 Å². The van der Waals surface area contributed by atoms with Gasteiger partial charge in [-0.1, -0.05) is 22.0 Å². The van der Waals surface area contributed by atoms with Crippen LogP contribution in [0, 0.1) is 0 Å². The minimum Gasteiger partial charge on any atom is -0.311 e. The molecule has 0 aromatic carbocycles. The van der Waals surface area contributed by atoms with Gasteiger partial charge in [0.2, 0.25) is 0 Å². The van der Waals surface area contributed by atoms with Gasteiger partial charge in [-0.05, 0) is 11.4 Å². The van der Waals surface area contributed by atoms with Crippen molar-refractivity contribution in [1.29, 1.82) is 0 Å².